The van der Waals surface area contributed by atoms with E-state index < -0.39 is 21.6 Å². The van der Waals surface area contributed by atoms with Crippen LogP contribution in [0, 0.1) is 5.82 Å². The van der Waals surface area contributed by atoms with Crippen molar-refractivity contribution in [1.82, 2.24) is 24.8 Å². The van der Waals surface area contributed by atoms with Crippen molar-refractivity contribution in [2.24, 2.45) is 0 Å². The SMILES string of the molecule is CNS(=O)(=O)CCCc1nonc1-c1noc(=O)n1-c1ccc(F)c(Br)c1. The molecule has 3 aromatic rings. The molecule has 0 atom stereocenters. The molecule has 27 heavy (non-hydrogen) atoms. The molecule has 0 aliphatic carbocycles. The summed E-state index contributed by atoms with van der Waals surface area (Å²) in [5.74, 6) is -1.42. The molecule has 0 saturated heterocycles. The van der Waals surface area contributed by atoms with Crippen molar-refractivity contribution in [3.05, 3.63) is 44.7 Å². The molecular formula is C14H13BrFN5O5S. The number of aryl methyl sites for hydroxylation is 1. The quantitative estimate of drug-likeness (QED) is 0.555. The van der Waals surface area contributed by atoms with Crippen molar-refractivity contribution in [2.75, 3.05) is 12.8 Å². The van der Waals surface area contributed by atoms with Crippen LogP contribution in [0.1, 0.15) is 12.1 Å². The van der Waals surface area contributed by atoms with Crippen molar-refractivity contribution in [3.8, 4) is 17.2 Å². The first-order valence-electron chi connectivity index (χ1n) is 7.59. The van der Waals surface area contributed by atoms with Gasteiger partial charge in [0.15, 0.2) is 5.69 Å². The molecule has 1 aromatic carbocycles. The van der Waals surface area contributed by atoms with E-state index in [9.17, 15) is 17.6 Å². The Kier molecular flexibility index (Phi) is 5.53. The third-order valence-corrected chi connectivity index (χ3v) is 5.73. The molecule has 0 aliphatic rings. The van der Waals surface area contributed by atoms with Gasteiger partial charge in [0.1, 0.15) is 11.5 Å². The van der Waals surface area contributed by atoms with Gasteiger partial charge in [-0.15, -0.1) is 0 Å². The van der Waals surface area contributed by atoms with Crippen molar-refractivity contribution >= 4 is 26.0 Å². The second kappa shape index (κ2) is 7.70. The number of nitrogens with zero attached hydrogens (tertiary/aromatic N) is 4. The average Bonchev–Trinajstić information content (AvgIpc) is 3.23. The van der Waals surface area contributed by atoms with Crippen LogP contribution in [0.15, 0.2) is 36.6 Å². The maximum atomic E-state index is 13.5. The Morgan fingerprint density at radius 2 is 2.07 bits per heavy atom. The number of nitrogens with one attached hydrogen (secondary N) is 1. The van der Waals surface area contributed by atoms with E-state index in [-0.39, 0.29) is 40.3 Å². The lowest BCUT2D eigenvalue weighted by atomic mass is 10.2. The molecule has 2 aromatic heterocycles. The molecular weight excluding hydrogens is 449 g/mol. The van der Waals surface area contributed by atoms with Gasteiger partial charge in [0.05, 0.1) is 15.9 Å². The highest BCUT2D eigenvalue weighted by Gasteiger charge is 2.23. The van der Waals surface area contributed by atoms with Crippen molar-refractivity contribution in [2.45, 2.75) is 12.8 Å². The van der Waals surface area contributed by atoms with E-state index in [1.165, 1.54) is 25.2 Å². The highest BCUT2D eigenvalue weighted by Crippen LogP contribution is 2.24. The topological polar surface area (TPSA) is 133 Å². The third kappa shape index (κ3) is 4.14. The zero-order valence-corrected chi connectivity index (χ0v) is 16.3. The molecule has 2 heterocycles. The zero-order valence-electron chi connectivity index (χ0n) is 13.8. The minimum absolute atomic E-state index is 0.00577. The van der Waals surface area contributed by atoms with E-state index >= 15 is 0 Å². The van der Waals surface area contributed by atoms with Gasteiger partial charge < -0.3 is 0 Å². The molecule has 0 fully saturated rings. The van der Waals surface area contributed by atoms with Crippen LogP contribution in [0.2, 0.25) is 0 Å². The summed E-state index contributed by atoms with van der Waals surface area (Å²) in [5, 5.41) is 11.2. The smallest absolute Gasteiger partial charge is 0.295 e. The van der Waals surface area contributed by atoms with Crippen LogP contribution in [0.4, 0.5) is 4.39 Å². The first kappa shape index (κ1) is 19.4. The van der Waals surface area contributed by atoms with Gasteiger partial charge in [0, 0.05) is 0 Å². The van der Waals surface area contributed by atoms with E-state index in [1.807, 2.05) is 0 Å². The molecule has 0 spiro atoms. The normalized spacial score (nSPS) is 11.8. The maximum Gasteiger partial charge on any atom is 0.446 e. The standard InChI is InChI=1S/C14H13BrFN5O5S/c1-17-27(23,24)6-2-3-11-12(19-26-18-11)13-20-25-14(22)21(13)8-4-5-10(16)9(15)7-8/h4-5,7,17H,2-3,6H2,1H3. The third-order valence-electron chi connectivity index (χ3n) is 3.67. The Balaban J connectivity index is 1.94. The zero-order chi connectivity index (χ0) is 19.6. The van der Waals surface area contributed by atoms with Crippen molar-refractivity contribution < 1.29 is 22.0 Å². The van der Waals surface area contributed by atoms with Crippen LogP contribution in [0.5, 0.6) is 0 Å². The monoisotopic (exact) mass is 461 g/mol. The van der Waals surface area contributed by atoms with Crippen LogP contribution in [0.25, 0.3) is 17.2 Å². The van der Waals surface area contributed by atoms with Gasteiger partial charge in [0.25, 0.3) is 0 Å². The van der Waals surface area contributed by atoms with Gasteiger partial charge in [-0.3, -0.25) is 4.52 Å². The molecule has 0 unspecified atom stereocenters. The molecule has 0 saturated carbocycles. The minimum atomic E-state index is -3.36. The second-order valence-electron chi connectivity index (χ2n) is 5.39. The fraction of sp³-hybridized carbons (Fsp3) is 0.286. The first-order chi connectivity index (χ1) is 12.8. The maximum absolute atomic E-state index is 13.5. The Morgan fingerprint density at radius 1 is 1.30 bits per heavy atom. The largest absolute Gasteiger partial charge is 0.446 e. The summed E-state index contributed by atoms with van der Waals surface area (Å²) in [4.78, 5) is 12.1. The molecule has 10 nitrogen and oxygen atoms in total. The number of aromatic nitrogens is 4. The van der Waals surface area contributed by atoms with E-state index in [1.54, 1.807) is 0 Å². The summed E-state index contributed by atoms with van der Waals surface area (Å²) in [7, 11) is -2.04. The summed E-state index contributed by atoms with van der Waals surface area (Å²) in [5.41, 5.74) is 0.726. The molecule has 144 valence electrons. The minimum Gasteiger partial charge on any atom is -0.295 e. The molecule has 0 amide bonds. The van der Waals surface area contributed by atoms with Gasteiger partial charge in [-0.2, -0.15) is 0 Å². The lowest BCUT2D eigenvalue weighted by Crippen LogP contribution is -2.22. The number of hydrogen-bond donors (Lipinski definition) is 1. The van der Waals surface area contributed by atoms with E-state index in [2.05, 4.69) is 36.1 Å². The van der Waals surface area contributed by atoms with Crippen LogP contribution in [0.3, 0.4) is 0 Å². The van der Waals surface area contributed by atoms with Crippen molar-refractivity contribution in [3.63, 3.8) is 0 Å². The average molecular weight is 462 g/mol. The number of hydrogen-bond acceptors (Lipinski definition) is 8. The Hall–Kier alpha value is -2.38. The van der Waals surface area contributed by atoms with Gasteiger partial charge in [0.2, 0.25) is 15.8 Å². The van der Waals surface area contributed by atoms with Gasteiger partial charge >= 0.3 is 5.76 Å². The van der Waals surface area contributed by atoms with Crippen LogP contribution >= 0.6 is 15.9 Å². The van der Waals surface area contributed by atoms with Gasteiger partial charge in [-0.25, -0.2) is 31.5 Å². The summed E-state index contributed by atoms with van der Waals surface area (Å²) in [6.07, 6.45) is 0.461. The van der Waals surface area contributed by atoms with Crippen LogP contribution < -0.4 is 10.5 Å². The lowest BCUT2D eigenvalue weighted by Gasteiger charge is -2.05. The van der Waals surface area contributed by atoms with E-state index in [0.29, 0.717) is 5.69 Å². The summed E-state index contributed by atoms with van der Waals surface area (Å²) < 4.78 is 49.4. The Bertz CT molecular complexity index is 1120. The molecule has 3 rings (SSSR count). The van der Waals surface area contributed by atoms with Crippen molar-refractivity contribution in [1.29, 1.82) is 0 Å². The van der Waals surface area contributed by atoms with Crippen LogP contribution in [-0.2, 0) is 16.4 Å². The highest BCUT2D eigenvalue weighted by molar-refractivity contribution is 9.10. The summed E-state index contributed by atoms with van der Waals surface area (Å²) in [6, 6.07) is 3.92. The van der Waals surface area contributed by atoms with Crippen LogP contribution in [-0.4, -0.2) is 41.3 Å². The van der Waals surface area contributed by atoms with E-state index in [4.69, 9.17) is 9.15 Å². The number of halogens is 2. The van der Waals surface area contributed by atoms with Gasteiger partial charge in [-0.05, 0) is 59.2 Å². The number of benzene rings is 1. The fourth-order valence-electron chi connectivity index (χ4n) is 2.32. The number of rotatable bonds is 7. The molecule has 1 N–H and O–H groups in total. The number of sulfonamides is 1. The Morgan fingerprint density at radius 3 is 2.78 bits per heavy atom. The van der Waals surface area contributed by atoms with Gasteiger partial charge in [-0.1, -0.05) is 10.3 Å². The predicted octanol–water partition coefficient (Wildman–Crippen LogP) is 1.26. The summed E-state index contributed by atoms with van der Waals surface area (Å²) in [6.45, 7) is 0. The predicted molar refractivity (Wildman–Crippen MR) is 94.2 cm³/mol. The molecule has 13 heteroatoms. The molecule has 0 radical (unpaired) electrons. The lowest BCUT2D eigenvalue weighted by molar-refractivity contribution is 0.304. The Labute approximate surface area is 160 Å². The molecule has 0 bridgehead atoms. The second-order valence-corrected chi connectivity index (χ2v) is 8.29. The summed E-state index contributed by atoms with van der Waals surface area (Å²) >= 11 is 3.05. The fourth-order valence-corrected chi connectivity index (χ4v) is 3.42. The molecule has 0 aliphatic heterocycles. The highest BCUT2D eigenvalue weighted by atomic mass is 79.9. The van der Waals surface area contributed by atoms with E-state index in [0.717, 1.165) is 4.57 Å². The first-order valence-corrected chi connectivity index (χ1v) is 10.0.